The summed E-state index contributed by atoms with van der Waals surface area (Å²) in [6.07, 6.45) is 11.2. The summed E-state index contributed by atoms with van der Waals surface area (Å²) >= 11 is 0. The van der Waals surface area contributed by atoms with Crippen LogP contribution in [0.15, 0.2) is 0 Å². The van der Waals surface area contributed by atoms with E-state index in [-0.39, 0.29) is 0 Å². The topological polar surface area (TPSA) is 44.0 Å². The molecule has 0 radical (unpaired) electrons. The molecule has 108 valence electrons. The van der Waals surface area contributed by atoms with Gasteiger partial charge in [0.05, 0.1) is 17.1 Å². The quantitative estimate of drug-likeness (QED) is 0.797. The molecule has 0 aromatic carbocycles. The zero-order valence-corrected chi connectivity index (χ0v) is 12.6. The molecule has 2 saturated carbocycles. The smallest absolute Gasteiger partial charge is 0.0857 e. The summed E-state index contributed by atoms with van der Waals surface area (Å²) < 4.78 is 0. The van der Waals surface area contributed by atoms with Gasteiger partial charge in [-0.25, -0.2) is 0 Å². The zero-order valence-electron chi connectivity index (χ0n) is 12.6. The van der Waals surface area contributed by atoms with Crippen molar-refractivity contribution in [1.29, 1.82) is 5.26 Å². The minimum atomic E-state index is -0.788. The van der Waals surface area contributed by atoms with Crippen LogP contribution in [0.25, 0.3) is 0 Å². The number of hydrogen-bond acceptors (Lipinski definition) is 2. The Morgan fingerprint density at radius 1 is 1.21 bits per heavy atom. The Morgan fingerprint density at radius 2 is 1.84 bits per heavy atom. The normalized spacial score (nSPS) is 35.2. The highest BCUT2D eigenvalue weighted by molar-refractivity contribution is 5.12. The van der Waals surface area contributed by atoms with Crippen molar-refractivity contribution >= 4 is 0 Å². The van der Waals surface area contributed by atoms with Crippen LogP contribution in [0.4, 0.5) is 0 Å². The first kappa shape index (κ1) is 14.9. The molecule has 0 saturated heterocycles. The third kappa shape index (κ3) is 2.97. The maximum Gasteiger partial charge on any atom is 0.0857 e. The lowest BCUT2D eigenvalue weighted by molar-refractivity contribution is -0.0860. The molecule has 2 aliphatic rings. The van der Waals surface area contributed by atoms with E-state index in [0.717, 1.165) is 38.0 Å². The van der Waals surface area contributed by atoms with Gasteiger partial charge < -0.3 is 5.11 Å². The van der Waals surface area contributed by atoms with Crippen LogP contribution in [0, 0.1) is 28.6 Å². The molecular formula is C17H29NO. The fourth-order valence-electron chi connectivity index (χ4n) is 4.09. The average Bonchev–Trinajstić information content (AvgIpc) is 2.35. The number of nitriles is 1. The van der Waals surface area contributed by atoms with Gasteiger partial charge in [0.15, 0.2) is 0 Å². The molecule has 0 aromatic rings. The minimum absolute atomic E-state index is 0.479. The van der Waals surface area contributed by atoms with E-state index < -0.39 is 11.0 Å². The third-order valence-electron chi connectivity index (χ3n) is 5.81. The SMILES string of the molecule is CCCC1CCC(C#N)(C(C)(O)CC2CCC2)CC1. The van der Waals surface area contributed by atoms with Crippen LogP contribution in [0.1, 0.15) is 78.1 Å². The molecule has 2 heteroatoms. The van der Waals surface area contributed by atoms with Crippen molar-refractivity contribution in [3.63, 3.8) is 0 Å². The van der Waals surface area contributed by atoms with Crippen molar-refractivity contribution in [3.05, 3.63) is 0 Å². The van der Waals surface area contributed by atoms with Crippen LogP contribution in [0.5, 0.6) is 0 Å². The maximum atomic E-state index is 10.9. The first-order chi connectivity index (χ1) is 9.03. The number of rotatable bonds is 5. The van der Waals surface area contributed by atoms with E-state index in [1.807, 2.05) is 6.92 Å². The Morgan fingerprint density at radius 3 is 2.26 bits per heavy atom. The van der Waals surface area contributed by atoms with Crippen molar-refractivity contribution in [1.82, 2.24) is 0 Å². The number of nitrogens with zero attached hydrogens (tertiary/aromatic N) is 1. The molecule has 1 atom stereocenters. The number of hydrogen-bond donors (Lipinski definition) is 1. The van der Waals surface area contributed by atoms with E-state index in [2.05, 4.69) is 13.0 Å². The molecule has 1 N–H and O–H groups in total. The molecular weight excluding hydrogens is 234 g/mol. The van der Waals surface area contributed by atoms with E-state index in [4.69, 9.17) is 0 Å². The van der Waals surface area contributed by atoms with Crippen LogP contribution in [-0.2, 0) is 0 Å². The standard InChI is InChI=1S/C17H29NO/c1-3-5-14-8-10-17(13-18,11-9-14)16(2,19)12-15-6-4-7-15/h14-15,19H,3-12H2,1-2H3. The van der Waals surface area contributed by atoms with Gasteiger partial charge in [0, 0.05) is 0 Å². The van der Waals surface area contributed by atoms with Crippen LogP contribution < -0.4 is 0 Å². The Balaban J connectivity index is 2.00. The Hall–Kier alpha value is -0.550. The summed E-state index contributed by atoms with van der Waals surface area (Å²) in [5.41, 5.74) is -1.27. The predicted molar refractivity (Wildman–Crippen MR) is 77.5 cm³/mol. The highest BCUT2D eigenvalue weighted by Crippen LogP contribution is 2.50. The van der Waals surface area contributed by atoms with Crippen LogP contribution in [0.2, 0.25) is 0 Å². The van der Waals surface area contributed by atoms with E-state index in [0.29, 0.717) is 5.92 Å². The summed E-state index contributed by atoms with van der Waals surface area (Å²) in [6.45, 7) is 4.16. The monoisotopic (exact) mass is 263 g/mol. The second-order valence-corrected chi connectivity index (χ2v) is 7.20. The van der Waals surface area contributed by atoms with Gasteiger partial charge in [0.2, 0.25) is 0 Å². The van der Waals surface area contributed by atoms with Crippen LogP contribution >= 0.6 is 0 Å². The Labute approximate surface area is 118 Å². The van der Waals surface area contributed by atoms with Gasteiger partial charge in [-0.15, -0.1) is 0 Å². The minimum Gasteiger partial charge on any atom is -0.389 e. The zero-order chi connectivity index (χ0) is 13.9. The van der Waals surface area contributed by atoms with E-state index >= 15 is 0 Å². The van der Waals surface area contributed by atoms with Crippen molar-refractivity contribution in [2.75, 3.05) is 0 Å². The maximum absolute atomic E-state index is 10.9. The molecule has 2 aliphatic carbocycles. The first-order valence-corrected chi connectivity index (χ1v) is 8.16. The molecule has 2 rings (SSSR count). The summed E-state index contributed by atoms with van der Waals surface area (Å²) in [4.78, 5) is 0. The van der Waals surface area contributed by atoms with Crippen molar-refractivity contribution in [2.24, 2.45) is 17.3 Å². The lowest BCUT2D eigenvalue weighted by atomic mass is 9.59. The van der Waals surface area contributed by atoms with E-state index in [1.54, 1.807) is 0 Å². The average molecular weight is 263 g/mol. The molecule has 0 aromatic heterocycles. The molecule has 0 amide bonds. The van der Waals surface area contributed by atoms with Crippen molar-refractivity contribution < 1.29 is 5.11 Å². The fourth-order valence-corrected chi connectivity index (χ4v) is 4.09. The van der Waals surface area contributed by atoms with Gasteiger partial charge >= 0.3 is 0 Å². The van der Waals surface area contributed by atoms with Gasteiger partial charge in [0.25, 0.3) is 0 Å². The van der Waals surface area contributed by atoms with Gasteiger partial charge in [0.1, 0.15) is 0 Å². The van der Waals surface area contributed by atoms with Crippen LogP contribution in [-0.4, -0.2) is 10.7 Å². The lowest BCUT2D eigenvalue weighted by Crippen LogP contribution is -2.49. The Kier molecular flexibility index (Phi) is 4.56. The molecule has 2 fully saturated rings. The summed E-state index contributed by atoms with van der Waals surface area (Å²) in [7, 11) is 0. The molecule has 0 spiro atoms. The van der Waals surface area contributed by atoms with E-state index in [9.17, 15) is 10.4 Å². The van der Waals surface area contributed by atoms with E-state index in [1.165, 1.54) is 32.1 Å². The van der Waals surface area contributed by atoms with Gasteiger partial charge in [-0.2, -0.15) is 5.26 Å². The largest absolute Gasteiger partial charge is 0.389 e. The molecule has 1 unspecified atom stereocenters. The summed E-state index contributed by atoms with van der Waals surface area (Å²) in [5.74, 6) is 1.44. The van der Waals surface area contributed by atoms with Crippen molar-refractivity contribution in [2.45, 2.75) is 83.7 Å². The molecule has 2 nitrogen and oxygen atoms in total. The molecule has 0 bridgehead atoms. The Bertz CT molecular complexity index is 330. The highest BCUT2D eigenvalue weighted by Gasteiger charge is 2.50. The summed E-state index contributed by atoms with van der Waals surface area (Å²) in [5, 5.41) is 20.6. The van der Waals surface area contributed by atoms with Crippen molar-refractivity contribution in [3.8, 4) is 6.07 Å². The molecule has 0 aliphatic heterocycles. The predicted octanol–water partition coefficient (Wildman–Crippen LogP) is 4.43. The fraction of sp³-hybridized carbons (Fsp3) is 0.941. The number of aliphatic hydroxyl groups is 1. The second kappa shape index (κ2) is 5.83. The lowest BCUT2D eigenvalue weighted by Gasteiger charge is -2.47. The van der Waals surface area contributed by atoms with Gasteiger partial charge in [-0.1, -0.05) is 39.0 Å². The van der Waals surface area contributed by atoms with Gasteiger partial charge in [-0.3, -0.25) is 0 Å². The highest BCUT2D eigenvalue weighted by atomic mass is 16.3. The second-order valence-electron chi connectivity index (χ2n) is 7.20. The summed E-state index contributed by atoms with van der Waals surface area (Å²) in [6, 6.07) is 2.52. The van der Waals surface area contributed by atoms with Gasteiger partial charge in [-0.05, 0) is 50.9 Å². The first-order valence-electron chi connectivity index (χ1n) is 8.16. The molecule has 19 heavy (non-hydrogen) atoms. The van der Waals surface area contributed by atoms with Crippen LogP contribution in [0.3, 0.4) is 0 Å². The third-order valence-corrected chi connectivity index (χ3v) is 5.81. The molecule has 0 heterocycles.